The highest BCUT2D eigenvalue weighted by atomic mass is 32.2. The first kappa shape index (κ1) is 20.1. The Morgan fingerprint density at radius 3 is 2.50 bits per heavy atom. The zero-order valence-corrected chi connectivity index (χ0v) is 17.5. The maximum Gasteiger partial charge on any atom is 0.360 e. The highest BCUT2D eigenvalue weighted by Crippen LogP contribution is 2.33. The number of hydrogen-bond donors (Lipinski definition) is 1. The Balaban J connectivity index is 1.86. The summed E-state index contributed by atoms with van der Waals surface area (Å²) in [5.74, 6) is -0.286. The van der Waals surface area contributed by atoms with Crippen LogP contribution in [-0.2, 0) is 14.8 Å². The predicted octanol–water partition coefficient (Wildman–Crippen LogP) is 4.31. The number of carbonyl (C=O) groups is 1. The monoisotopic (exact) mass is 420 g/mol. The van der Waals surface area contributed by atoms with Gasteiger partial charge in [0.15, 0.2) is 11.5 Å². The van der Waals surface area contributed by atoms with E-state index in [1.54, 1.807) is 13.0 Å². The van der Waals surface area contributed by atoms with E-state index in [0.717, 1.165) is 28.0 Å². The van der Waals surface area contributed by atoms with E-state index in [1.165, 1.54) is 12.1 Å². The second kappa shape index (κ2) is 7.76. The summed E-state index contributed by atoms with van der Waals surface area (Å²) in [6.07, 6.45) is 0. The number of sulfonamides is 1. The maximum atomic E-state index is 12.8. The van der Waals surface area contributed by atoms with Gasteiger partial charge in [-0.1, -0.05) is 22.9 Å². The fourth-order valence-corrected chi connectivity index (χ4v) is 5.27. The van der Waals surface area contributed by atoms with Crippen LogP contribution in [0.2, 0.25) is 0 Å². The van der Waals surface area contributed by atoms with Crippen LogP contribution in [0.4, 0.5) is 5.69 Å². The molecule has 0 unspecified atom stereocenters. The van der Waals surface area contributed by atoms with Crippen molar-refractivity contribution in [1.29, 1.82) is 0 Å². The number of esters is 1. The summed E-state index contributed by atoms with van der Waals surface area (Å²) in [4.78, 5) is 12.2. The van der Waals surface area contributed by atoms with Gasteiger partial charge in [-0.15, -0.1) is 11.3 Å². The van der Waals surface area contributed by atoms with Crippen LogP contribution < -0.4 is 4.72 Å². The van der Waals surface area contributed by atoms with Gasteiger partial charge in [0.2, 0.25) is 0 Å². The molecule has 1 N–H and O–H groups in total. The normalized spacial score (nSPS) is 11.4. The smallest absolute Gasteiger partial charge is 0.360 e. The quantitative estimate of drug-likeness (QED) is 0.597. The Kier molecular flexibility index (Phi) is 5.57. The average molecular weight is 421 g/mol. The Bertz CT molecular complexity index is 1110. The third kappa shape index (κ3) is 4.10. The first-order valence-electron chi connectivity index (χ1n) is 8.56. The molecule has 0 saturated carbocycles. The summed E-state index contributed by atoms with van der Waals surface area (Å²) in [7, 11) is -3.76. The zero-order valence-electron chi connectivity index (χ0n) is 15.9. The summed E-state index contributed by atoms with van der Waals surface area (Å²) in [5.41, 5.74) is 3.39. The van der Waals surface area contributed by atoms with Crippen LogP contribution >= 0.6 is 11.3 Å². The van der Waals surface area contributed by atoms with Crippen LogP contribution in [0, 0.1) is 20.8 Å². The minimum absolute atomic E-state index is 0.0405. The molecule has 28 heavy (non-hydrogen) atoms. The van der Waals surface area contributed by atoms with E-state index in [0.29, 0.717) is 16.3 Å². The fourth-order valence-electron chi connectivity index (χ4n) is 2.82. The van der Waals surface area contributed by atoms with Gasteiger partial charge in [-0.25, -0.2) is 13.2 Å². The number of aryl methyl sites for hydroxylation is 3. The van der Waals surface area contributed by atoms with Crippen molar-refractivity contribution in [2.24, 2.45) is 0 Å². The van der Waals surface area contributed by atoms with Crippen LogP contribution in [0.5, 0.6) is 0 Å². The Morgan fingerprint density at radius 1 is 1.18 bits per heavy atom. The van der Waals surface area contributed by atoms with E-state index >= 15 is 0 Å². The molecule has 0 fully saturated rings. The van der Waals surface area contributed by atoms with Crippen LogP contribution in [0.3, 0.4) is 0 Å². The van der Waals surface area contributed by atoms with E-state index in [9.17, 15) is 13.2 Å². The number of thiophene rings is 1. The lowest BCUT2D eigenvalue weighted by atomic mass is 10.1. The Morgan fingerprint density at radius 2 is 1.86 bits per heavy atom. The Hall–Kier alpha value is -2.65. The van der Waals surface area contributed by atoms with E-state index in [1.807, 2.05) is 32.9 Å². The number of anilines is 1. The Labute approximate surface area is 167 Å². The number of nitrogens with one attached hydrogen (secondary N) is 1. The van der Waals surface area contributed by atoms with Crippen LogP contribution in [0.25, 0.3) is 10.6 Å². The third-order valence-electron chi connectivity index (χ3n) is 4.00. The van der Waals surface area contributed by atoms with Gasteiger partial charge in [-0.05, 0) is 51.0 Å². The van der Waals surface area contributed by atoms with E-state index in [-0.39, 0.29) is 16.5 Å². The largest absolute Gasteiger partial charge is 0.461 e. The predicted molar refractivity (Wildman–Crippen MR) is 107 cm³/mol. The first-order valence-corrected chi connectivity index (χ1v) is 10.9. The number of carbonyl (C=O) groups excluding carboxylic acids is 1. The third-order valence-corrected chi connectivity index (χ3v) is 6.94. The summed E-state index contributed by atoms with van der Waals surface area (Å²) in [6, 6.07) is 8.39. The van der Waals surface area contributed by atoms with Crippen LogP contribution in [0.1, 0.15) is 34.1 Å². The van der Waals surface area contributed by atoms with Crippen LogP contribution in [0.15, 0.2) is 39.1 Å². The van der Waals surface area contributed by atoms with E-state index in [4.69, 9.17) is 9.26 Å². The topological polar surface area (TPSA) is 98.5 Å². The van der Waals surface area contributed by atoms with Gasteiger partial charge in [0.1, 0.15) is 4.21 Å². The molecule has 9 heteroatoms. The summed E-state index contributed by atoms with van der Waals surface area (Å²) in [6.45, 7) is 7.61. The summed E-state index contributed by atoms with van der Waals surface area (Å²) in [5, 5.41) is 3.67. The molecule has 148 valence electrons. The second-order valence-electron chi connectivity index (χ2n) is 6.29. The molecule has 2 aromatic heterocycles. The standard InChI is InChI=1S/C19H20N2O5S2/c1-5-25-19(22)14-10-15(26-20-14)16-6-7-17(27-16)28(23,24)21-18-12(3)8-11(2)9-13(18)4/h6-10,21H,5H2,1-4H3. The molecular weight excluding hydrogens is 400 g/mol. The lowest BCUT2D eigenvalue weighted by Gasteiger charge is -2.13. The van der Waals surface area contributed by atoms with Gasteiger partial charge in [0.05, 0.1) is 17.2 Å². The molecule has 3 aromatic rings. The van der Waals surface area contributed by atoms with Crippen molar-refractivity contribution in [3.8, 4) is 10.6 Å². The minimum atomic E-state index is -3.76. The van der Waals surface area contributed by atoms with Gasteiger partial charge in [0, 0.05) is 6.07 Å². The minimum Gasteiger partial charge on any atom is -0.461 e. The van der Waals surface area contributed by atoms with Gasteiger partial charge in [-0.3, -0.25) is 4.72 Å². The van der Waals surface area contributed by atoms with Gasteiger partial charge >= 0.3 is 5.97 Å². The number of benzene rings is 1. The number of rotatable bonds is 6. The highest BCUT2D eigenvalue weighted by molar-refractivity contribution is 7.94. The number of ether oxygens (including phenoxy) is 1. The average Bonchev–Trinajstić information content (AvgIpc) is 3.27. The molecule has 0 bridgehead atoms. The number of hydrogen-bond acceptors (Lipinski definition) is 7. The molecule has 0 saturated heterocycles. The molecule has 0 aliphatic heterocycles. The molecule has 2 heterocycles. The van der Waals surface area contributed by atoms with Crippen molar-refractivity contribution >= 4 is 33.0 Å². The molecule has 1 aromatic carbocycles. The maximum absolute atomic E-state index is 12.8. The zero-order chi connectivity index (χ0) is 20.5. The molecule has 0 amide bonds. The van der Waals surface area contributed by atoms with Crippen molar-refractivity contribution in [3.63, 3.8) is 0 Å². The lowest BCUT2D eigenvalue weighted by Crippen LogP contribution is -2.13. The first-order chi connectivity index (χ1) is 13.2. The summed E-state index contributed by atoms with van der Waals surface area (Å²) < 4.78 is 38.5. The number of nitrogens with zero attached hydrogens (tertiary/aromatic N) is 1. The van der Waals surface area contributed by atoms with Crippen molar-refractivity contribution in [2.45, 2.75) is 31.9 Å². The van der Waals surface area contributed by atoms with Gasteiger partial charge in [0.25, 0.3) is 10.0 Å². The molecule has 0 aliphatic rings. The molecule has 7 nitrogen and oxygen atoms in total. The molecule has 0 aliphatic carbocycles. The van der Waals surface area contributed by atoms with E-state index in [2.05, 4.69) is 9.88 Å². The van der Waals surface area contributed by atoms with Crippen molar-refractivity contribution < 1.29 is 22.5 Å². The van der Waals surface area contributed by atoms with Crippen molar-refractivity contribution in [1.82, 2.24) is 5.16 Å². The second-order valence-corrected chi connectivity index (χ2v) is 9.29. The summed E-state index contributed by atoms with van der Waals surface area (Å²) >= 11 is 1.03. The molecule has 3 rings (SSSR count). The number of aromatic nitrogens is 1. The van der Waals surface area contributed by atoms with Gasteiger partial charge in [-0.2, -0.15) is 0 Å². The van der Waals surface area contributed by atoms with Crippen LogP contribution in [-0.4, -0.2) is 26.2 Å². The van der Waals surface area contributed by atoms with Gasteiger partial charge < -0.3 is 9.26 Å². The molecule has 0 radical (unpaired) electrons. The highest BCUT2D eigenvalue weighted by Gasteiger charge is 2.22. The van der Waals surface area contributed by atoms with Crippen molar-refractivity contribution in [3.05, 3.63) is 52.7 Å². The van der Waals surface area contributed by atoms with Crippen molar-refractivity contribution in [2.75, 3.05) is 11.3 Å². The van der Waals surface area contributed by atoms with E-state index < -0.39 is 16.0 Å². The fraction of sp³-hybridized carbons (Fsp3) is 0.263. The molecule has 0 spiro atoms. The SMILES string of the molecule is CCOC(=O)c1cc(-c2ccc(S(=O)(=O)Nc3c(C)cc(C)cc3C)s2)on1. The molecular formula is C19H20N2O5S2. The lowest BCUT2D eigenvalue weighted by molar-refractivity contribution is 0.0514. The molecule has 0 atom stereocenters.